The average Bonchev–Trinajstić information content (AvgIpc) is 2.54. The highest BCUT2D eigenvalue weighted by atomic mass is 16.3. The molecule has 2 rings (SSSR count). The van der Waals surface area contributed by atoms with Crippen LogP contribution in [-0.2, 0) is 0 Å². The van der Waals surface area contributed by atoms with Crippen LogP contribution in [0.25, 0.3) is 0 Å². The zero-order valence-corrected chi connectivity index (χ0v) is 9.04. The maximum atomic E-state index is 9.82. The van der Waals surface area contributed by atoms with Crippen molar-refractivity contribution < 1.29 is 5.11 Å². The minimum absolute atomic E-state index is 0.0984. The maximum Gasteiger partial charge on any atom is 0.0667 e. The molecule has 0 bridgehead atoms. The van der Waals surface area contributed by atoms with Crippen molar-refractivity contribution in [2.75, 3.05) is 6.54 Å². The van der Waals surface area contributed by atoms with Crippen molar-refractivity contribution >= 4 is 0 Å². The van der Waals surface area contributed by atoms with Gasteiger partial charge in [-0.1, -0.05) is 32.1 Å². The first-order valence-corrected chi connectivity index (χ1v) is 6.26. The van der Waals surface area contributed by atoms with Gasteiger partial charge in [-0.25, -0.2) is 0 Å². The number of aliphatic hydroxyl groups is 1. The van der Waals surface area contributed by atoms with Crippen LogP contribution in [0, 0.1) is 5.92 Å². The van der Waals surface area contributed by atoms with Gasteiger partial charge in [0, 0.05) is 12.6 Å². The predicted octanol–water partition coefficient (Wildman–Crippen LogP) is 2.07. The molecular weight excluding hydrogens is 174 g/mol. The zero-order chi connectivity index (χ0) is 9.80. The van der Waals surface area contributed by atoms with E-state index < -0.39 is 0 Å². The number of rotatable bonds is 5. The van der Waals surface area contributed by atoms with Gasteiger partial charge >= 0.3 is 0 Å². The largest absolute Gasteiger partial charge is 0.392 e. The van der Waals surface area contributed by atoms with Gasteiger partial charge in [0.05, 0.1) is 6.10 Å². The predicted molar refractivity (Wildman–Crippen MR) is 58.2 cm³/mol. The van der Waals surface area contributed by atoms with E-state index in [0.717, 1.165) is 18.9 Å². The molecule has 1 unspecified atom stereocenters. The second-order valence-corrected chi connectivity index (χ2v) is 5.08. The van der Waals surface area contributed by atoms with Gasteiger partial charge in [-0.15, -0.1) is 0 Å². The molecule has 2 nitrogen and oxygen atoms in total. The molecule has 0 amide bonds. The van der Waals surface area contributed by atoms with E-state index in [2.05, 4.69) is 5.32 Å². The summed E-state index contributed by atoms with van der Waals surface area (Å²) in [5.74, 6) is 0.813. The molecule has 0 heterocycles. The van der Waals surface area contributed by atoms with Gasteiger partial charge < -0.3 is 10.4 Å². The van der Waals surface area contributed by atoms with Gasteiger partial charge in [-0.2, -0.15) is 0 Å². The lowest BCUT2D eigenvalue weighted by atomic mass is 9.92. The Morgan fingerprint density at radius 3 is 2.36 bits per heavy atom. The number of hydrogen-bond donors (Lipinski definition) is 2. The van der Waals surface area contributed by atoms with Crippen molar-refractivity contribution in [3.05, 3.63) is 0 Å². The van der Waals surface area contributed by atoms with Crippen LogP contribution < -0.4 is 5.32 Å². The second kappa shape index (κ2) is 5.13. The smallest absolute Gasteiger partial charge is 0.0667 e. The Hall–Kier alpha value is -0.0800. The lowest BCUT2D eigenvalue weighted by molar-refractivity contribution is 0.131. The molecule has 2 aliphatic carbocycles. The van der Waals surface area contributed by atoms with Gasteiger partial charge in [0.15, 0.2) is 0 Å². The Morgan fingerprint density at radius 2 is 1.79 bits per heavy atom. The zero-order valence-electron chi connectivity index (χ0n) is 9.04. The molecule has 0 aromatic rings. The van der Waals surface area contributed by atoms with Gasteiger partial charge in [0.2, 0.25) is 0 Å². The van der Waals surface area contributed by atoms with Crippen molar-refractivity contribution in [2.45, 2.75) is 63.5 Å². The Balaban J connectivity index is 1.55. The van der Waals surface area contributed by atoms with Crippen molar-refractivity contribution in [1.29, 1.82) is 0 Å². The summed E-state index contributed by atoms with van der Waals surface area (Å²) in [6.07, 6.45) is 10.4. The molecule has 14 heavy (non-hydrogen) atoms. The molecule has 0 spiro atoms. The Labute approximate surface area is 87.1 Å². The number of nitrogens with one attached hydrogen (secondary N) is 1. The standard InChI is InChI=1S/C12H23NO/c14-12(8-10-4-1-2-5-10)9-13-11-6-3-7-11/h10-14H,1-9H2. The normalized spacial score (nSPS) is 26.4. The van der Waals surface area contributed by atoms with Gasteiger partial charge in [-0.3, -0.25) is 0 Å². The third-order valence-electron chi connectivity index (χ3n) is 3.83. The molecule has 2 N–H and O–H groups in total. The van der Waals surface area contributed by atoms with E-state index in [-0.39, 0.29) is 6.10 Å². The van der Waals surface area contributed by atoms with Gasteiger partial charge in [-0.05, 0) is 25.2 Å². The van der Waals surface area contributed by atoms with Crippen molar-refractivity contribution in [1.82, 2.24) is 5.32 Å². The minimum atomic E-state index is -0.0984. The van der Waals surface area contributed by atoms with E-state index >= 15 is 0 Å². The molecule has 0 saturated heterocycles. The molecule has 0 aromatic carbocycles. The fourth-order valence-electron chi connectivity index (χ4n) is 2.63. The molecule has 82 valence electrons. The highest BCUT2D eigenvalue weighted by Gasteiger charge is 2.21. The van der Waals surface area contributed by atoms with Crippen LogP contribution in [0.2, 0.25) is 0 Å². The average molecular weight is 197 g/mol. The lowest BCUT2D eigenvalue weighted by Crippen LogP contribution is -2.40. The summed E-state index contributed by atoms with van der Waals surface area (Å²) in [5, 5.41) is 13.3. The monoisotopic (exact) mass is 197 g/mol. The van der Waals surface area contributed by atoms with Crippen LogP contribution in [-0.4, -0.2) is 23.8 Å². The van der Waals surface area contributed by atoms with Crippen LogP contribution in [0.5, 0.6) is 0 Å². The Kier molecular flexibility index (Phi) is 3.82. The fourth-order valence-corrected chi connectivity index (χ4v) is 2.63. The first-order valence-electron chi connectivity index (χ1n) is 6.26. The number of hydrogen-bond acceptors (Lipinski definition) is 2. The maximum absolute atomic E-state index is 9.82. The number of aliphatic hydroxyl groups excluding tert-OH is 1. The highest BCUT2D eigenvalue weighted by molar-refractivity contribution is 4.79. The van der Waals surface area contributed by atoms with Crippen LogP contribution in [0.3, 0.4) is 0 Å². The van der Waals surface area contributed by atoms with Crippen LogP contribution in [0.1, 0.15) is 51.4 Å². The van der Waals surface area contributed by atoms with Crippen molar-refractivity contribution in [2.24, 2.45) is 5.92 Å². The second-order valence-electron chi connectivity index (χ2n) is 5.08. The first-order chi connectivity index (χ1) is 6.84. The molecule has 1 atom stereocenters. The molecule has 2 heteroatoms. The van der Waals surface area contributed by atoms with Crippen LogP contribution in [0.15, 0.2) is 0 Å². The molecule has 2 saturated carbocycles. The van der Waals surface area contributed by atoms with E-state index in [1.165, 1.54) is 44.9 Å². The van der Waals surface area contributed by atoms with E-state index in [0.29, 0.717) is 6.04 Å². The summed E-state index contributed by atoms with van der Waals surface area (Å²) in [6, 6.07) is 0.716. The highest BCUT2D eigenvalue weighted by Crippen LogP contribution is 2.28. The third kappa shape index (κ3) is 2.96. The van der Waals surface area contributed by atoms with Crippen molar-refractivity contribution in [3.63, 3.8) is 0 Å². The van der Waals surface area contributed by atoms with E-state index in [1.807, 2.05) is 0 Å². The summed E-state index contributed by atoms with van der Waals surface area (Å²) in [6.45, 7) is 0.821. The quantitative estimate of drug-likeness (QED) is 0.707. The van der Waals surface area contributed by atoms with Gasteiger partial charge in [0.25, 0.3) is 0 Å². The molecule has 2 aliphatic rings. The fraction of sp³-hybridized carbons (Fsp3) is 1.00. The summed E-state index contributed by atoms with van der Waals surface area (Å²) < 4.78 is 0. The molecule has 2 fully saturated rings. The first kappa shape index (κ1) is 10.4. The Morgan fingerprint density at radius 1 is 1.07 bits per heavy atom. The molecule has 0 aromatic heterocycles. The Bertz CT molecular complexity index is 162. The van der Waals surface area contributed by atoms with Crippen LogP contribution in [0.4, 0.5) is 0 Å². The third-order valence-corrected chi connectivity index (χ3v) is 3.83. The van der Waals surface area contributed by atoms with Gasteiger partial charge in [0.1, 0.15) is 0 Å². The molecule has 0 radical (unpaired) electrons. The van der Waals surface area contributed by atoms with E-state index in [9.17, 15) is 5.11 Å². The summed E-state index contributed by atoms with van der Waals surface area (Å²) in [7, 11) is 0. The summed E-state index contributed by atoms with van der Waals surface area (Å²) in [4.78, 5) is 0. The molecular formula is C12H23NO. The summed E-state index contributed by atoms with van der Waals surface area (Å²) in [5.41, 5.74) is 0. The van der Waals surface area contributed by atoms with Crippen LogP contribution >= 0.6 is 0 Å². The lowest BCUT2D eigenvalue weighted by Gasteiger charge is -2.28. The summed E-state index contributed by atoms with van der Waals surface area (Å²) >= 11 is 0. The van der Waals surface area contributed by atoms with E-state index in [4.69, 9.17) is 0 Å². The minimum Gasteiger partial charge on any atom is -0.392 e. The van der Waals surface area contributed by atoms with E-state index in [1.54, 1.807) is 0 Å². The topological polar surface area (TPSA) is 32.3 Å². The van der Waals surface area contributed by atoms with Crippen molar-refractivity contribution in [3.8, 4) is 0 Å². The SMILES string of the molecule is OC(CNC1CCC1)CC1CCCC1. The molecule has 0 aliphatic heterocycles.